The van der Waals surface area contributed by atoms with Crippen LogP contribution in [0.25, 0.3) is 0 Å². The lowest BCUT2D eigenvalue weighted by Gasteiger charge is -2.13. The van der Waals surface area contributed by atoms with Crippen LogP contribution in [0.4, 0.5) is 5.69 Å². The maximum absolute atomic E-state index is 12.3. The van der Waals surface area contributed by atoms with E-state index in [1.165, 1.54) is 16.7 Å². The highest BCUT2D eigenvalue weighted by molar-refractivity contribution is 7.99. The molecule has 1 aliphatic rings. The van der Waals surface area contributed by atoms with Gasteiger partial charge in [0.15, 0.2) is 0 Å². The van der Waals surface area contributed by atoms with Crippen molar-refractivity contribution >= 4 is 35.2 Å². The number of rotatable bonds is 9. The van der Waals surface area contributed by atoms with Crippen molar-refractivity contribution in [1.29, 1.82) is 0 Å². The minimum atomic E-state index is -0.240. The molecule has 1 N–H and O–H groups in total. The van der Waals surface area contributed by atoms with Crippen LogP contribution < -0.4 is 10.1 Å². The quantitative estimate of drug-likeness (QED) is 0.517. The second kappa shape index (κ2) is 9.41. The lowest BCUT2D eigenvalue weighted by molar-refractivity contribution is -0.113. The standard InChI is InChI=1S/C21H22N2O4S/c1-2-27-18-11-6-5-10-17(18)22-19(24)14-28-13-7-12-23-20(25)15-8-3-4-9-16(15)21(23)26/h3-6,8-11H,2,7,12-14H2,1H3,(H,22,24). The Labute approximate surface area is 168 Å². The number of para-hydroxylation sites is 2. The summed E-state index contributed by atoms with van der Waals surface area (Å²) in [7, 11) is 0. The number of imide groups is 1. The van der Waals surface area contributed by atoms with E-state index in [1.54, 1.807) is 30.3 Å². The summed E-state index contributed by atoms with van der Waals surface area (Å²) >= 11 is 1.47. The molecular formula is C21H22N2O4S. The van der Waals surface area contributed by atoms with Crippen LogP contribution in [0.3, 0.4) is 0 Å². The van der Waals surface area contributed by atoms with Crippen molar-refractivity contribution in [1.82, 2.24) is 4.90 Å². The Morgan fingerprint density at radius 1 is 1.04 bits per heavy atom. The van der Waals surface area contributed by atoms with Crippen LogP contribution in [0.2, 0.25) is 0 Å². The molecule has 0 spiro atoms. The van der Waals surface area contributed by atoms with E-state index in [0.717, 1.165) is 0 Å². The van der Waals surface area contributed by atoms with Gasteiger partial charge in [-0.15, -0.1) is 0 Å². The maximum Gasteiger partial charge on any atom is 0.261 e. The topological polar surface area (TPSA) is 75.7 Å². The largest absolute Gasteiger partial charge is 0.492 e. The number of fused-ring (bicyclic) bond motifs is 1. The summed E-state index contributed by atoms with van der Waals surface area (Å²) in [6, 6.07) is 14.2. The molecule has 146 valence electrons. The summed E-state index contributed by atoms with van der Waals surface area (Å²) in [5.74, 6) is 1.02. The van der Waals surface area contributed by atoms with Gasteiger partial charge in [0.25, 0.3) is 11.8 Å². The molecule has 6 nitrogen and oxygen atoms in total. The number of anilines is 1. The number of carbonyl (C=O) groups excluding carboxylic acids is 3. The Morgan fingerprint density at radius 3 is 2.36 bits per heavy atom. The van der Waals surface area contributed by atoms with Crippen molar-refractivity contribution in [3.63, 3.8) is 0 Å². The van der Waals surface area contributed by atoms with E-state index in [9.17, 15) is 14.4 Å². The fourth-order valence-corrected chi connectivity index (χ4v) is 3.70. The third-order valence-electron chi connectivity index (χ3n) is 4.24. The highest BCUT2D eigenvalue weighted by atomic mass is 32.2. The van der Waals surface area contributed by atoms with Crippen molar-refractivity contribution in [3.8, 4) is 5.75 Å². The summed E-state index contributed by atoms with van der Waals surface area (Å²) in [5.41, 5.74) is 1.58. The molecular weight excluding hydrogens is 376 g/mol. The van der Waals surface area contributed by atoms with Gasteiger partial charge in [0.05, 0.1) is 29.2 Å². The summed E-state index contributed by atoms with van der Waals surface area (Å²) in [6.45, 7) is 2.77. The van der Waals surface area contributed by atoms with Crippen LogP contribution in [0.1, 0.15) is 34.1 Å². The summed E-state index contributed by atoms with van der Waals surface area (Å²) in [5, 5.41) is 2.85. The summed E-state index contributed by atoms with van der Waals surface area (Å²) in [6.07, 6.45) is 0.638. The van der Waals surface area contributed by atoms with Gasteiger partial charge in [0, 0.05) is 6.54 Å². The van der Waals surface area contributed by atoms with Crippen LogP contribution >= 0.6 is 11.8 Å². The van der Waals surface area contributed by atoms with Crippen molar-refractivity contribution < 1.29 is 19.1 Å². The summed E-state index contributed by atoms with van der Waals surface area (Å²) in [4.78, 5) is 38.0. The Bertz CT molecular complexity index is 849. The Balaban J connectivity index is 1.40. The smallest absolute Gasteiger partial charge is 0.261 e. The molecule has 7 heteroatoms. The fraction of sp³-hybridized carbons (Fsp3) is 0.286. The zero-order valence-corrected chi connectivity index (χ0v) is 16.5. The van der Waals surface area contributed by atoms with Crippen molar-refractivity contribution in [2.75, 3.05) is 30.0 Å². The first-order valence-corrected chi connectivity index (χ1v) is 10.3. The van der Waals surface area contributed by atoms with Gasteiger partial charge in [-0.2, -0.15) is 11.8 Å². The number of hydrogen-bond donors (Lipinski definition) is 1. The first kappa shape index (κ1) is 19.9. The van der Waals surface area contributed by atoms with E-state index in [-0.39, 0.29) is 17.7 Å². The molecule has 2 aromatic rings. The third-order valence-corrected chi connectivity index (χ3v) is 5.29. The van der Waals surface area contributed by atoms with E-state index in [1.807, 2.05) is 25.1 Å². The predicted octanol–water partition coefficient (Wildman–Crippen LogP) is 3.44. The summed E-state index contributed by atoms with van der Waals surface area (Å²) < 4.78 is 5.49. The van der Waals surface area contributed by atoms with Gasteiger partial charge in [-0.05, 0) is 43.4 Å². The van der Waals surface area contributed by atoms with E-state index in [4.69, 9.17) is 4.74 Å². The molecule has 0 unspecified atom stereocenters. The predicted molar refractivity (Wildman–Crippen MR) is 110 cm³/mol. The number of thioether (sulfide) groups is 1. The van der Waals surface area contributed by atoms with Crippen LogP contribution in [-0.4, -0.2) is 47.3 Å². The van der Waals surface area contributed by atoms with Crippen molar-refractivity contribution in [2.45, 2.75) is 13.3 Å². The normalized spacial score (nSPS) is 12.8. The van der Waals surface area contributed by atoms with E-state index in [0.29, 0.717) is 53.6 Å². The fourth-order valence-electron chi connectivity index (χ4n) is 2.97. The zero-order chi connectivity index (χ0) is 19.9. The van der Waals surface area contributed by atoms with E-state index < -0.39 is 0 Å². The van der Waals surface area contributed by atoms with Crippen LogP contribution in [0.15, 0.2) is 48.5 Å². The van der Waals surface area contributed by atoms with Gasteiger partial charge < -0.3 is 10.1 Å². The number of nitrogens with one attached hydrogen (secondary N) is 1. The highest BCUT2D eigenvalue weighted by Crippen LogP contribution is 2.24. The number of hydrogen-bond acceptors (Lipinski definition) is 5. The Hall–Kier alpha value is -2.80. The molecule has 0 atom stereocenters. The Morgan fingerprint density at radius 2 is 1.68 bits per heavy atom. The van der Waals surface area contributed by atoms with Gasteiger partial charge in [0.2, 0.25) is 5.91 Å². The molecule has 0 bridgehead atoms. The monoisotopic (exact) mass is 398 g/mol. The second-order valence-corrected chi connectivity index (χ2v) is 7.30. The first-order valence-electron chi connectivity index (χ1n) is 9.16. The number of carbonyl (C=O) groups is 3. The second-order valence-electron chi connectivity index (χ2n) is 6.19. The van der Waals surface area contributed by atoms with Crippen molar-refractivity contribution in [3.05, 3.63) is 59.7 Å². The minimum Gasteiger partial charge on any atom is -0.492 e. The molecule has 1 aliphatic heterocycles. The van der Waals surface area contributed by atoms with E-state index >= 15 is 0 Å². The first-order chi connectivity index (χ1) is 13.6. The number of benzene rings is 2. The molecule has 0 saturated heterocycles. The third kappa shape index (κ3) is 4.54. The molecule has 3 amide bonds. The van der Waals surface area contributed by atoms with Gasteiger partial charge in [0.1, 0.15) is 5.75 Å². The molecule has 3 rings (SSSR count). The lowest BCUT2D eigenvalue weighted by atomic mass is 10.1. The minimum absolute atomic E-state index is 0.113. The SMILES string of the molecule is CCOc1ccccc1NC(=O)CSCCCN1C(=O)c2ccccc2C1=O. The van der Waals surface area contributed by atoms with Gasteiger partial charge in [-0.3, -0.25) is 19.3 Å². The van der Waals surface area contributed by atoms with Gasteiger partial charge >= 0.3 is 0 Å². The molecule has 0 radical (unpaired) electrons. The van der Waals surface area contributed by atoms with Crippen molar-refractivity contribution in [2.24, 2.45) is 0 Å². The molecule has 0 fully saturated rings. The van der Waals surface area contributed by atoms with Crippen LogP contribution in [0, 0.1) is 0 Å². The van der Waals surface area contributed by atoms with E-state index in [2.05, 4.69) is 5.32 Å². The highest BCUT2D eigenvalue weighted by Gasteiger charge is 2.34. The number of amides is 3. The number of ether oxygens (including phenoxy) is 1. The zero-order valence-electron chi connectivity index (χ0n) is 15.6. The molecule has 28 heavy (non-hydrogen) atoms. The molecule has 1 heterocycles. The van der Waals surface area contributed by atoms with Crippen LogP contribution in [-0.2, 0) is 4.79 Å². The molecule has 0 aromatic heterocycles. The molecule has 0 aliphatic carbocycles. The molecule has 0 saturated carbocycles. The molecule has 2 aromatic carbocycles. The average molecular weight is 398 g/mol. The maximum atomic E-state index is 12.3. The van der Waals surface area contributed by atoms with Crippen LogP contribution in [0.5, 0.6) is 5.75 Å². The average Bonchev–Trinajstić information content (AvgIpc) is 2.94. The number of nitrogens with zero attached hydrogens (tertiary/aromatic N) is 1. The Kier molecular flexibility index (Phi) is 6.71. The lowest BCUT2D eigenvalue weighted by Crippen LogP contribution is -2.31. The van der Waals surface area contributed by atoms with Gasteiger partial charge in [-0.1, -0.05) is 24.3 Å². The van der Waals surface area contributed by atoms with Gasteiger partial charge in [-0.25, -0.2) is 0 Å².